The van der Waals surface area contributed by atoms with E-state index in [-0.39, 0.29) is 0 Å². The van der Waals surface area contributed by atoms with Crippen LogP contribution in [0.5, 0.6) is 0 Å². The Morgan fingerprint density at radius 2 is 0.594 bits per heavy atom. The predicted molar refractivity (Wildman–Crippen MR) is 136 cm³/mol. The highest BCUT2D eigenvalue weighted by Gasteiger charge is 2.04. The molecule has 0 saturated carbocycles. The van der Waals surface area contributed by atoms with Gasteiger partial charge in [0.25, 0.3) is 0 Å². The average molecular weight is 400 g/mol. The van der Waals surface area contributed by atoms with Crippen molar-refractivity contribution in [1.29, 1.82) is 0 Å². The fourth-order valence-corrected chi connectivity index (χ4v) is 4.81. The van der Waals surface area contributed by atoms with Crippen LogP contribution < -0.4 is 0 Å². The van der Waals surface area contributed by atoms with E-state index in [1.165, 1.54) is 43.1 Å². The number of hydrogen-bond donors (Lipinski definition) is 0. The largest absolute Gasteiger partial charge is 0.0610 e. The van der Waals surface area contributed by atoms with Gasteiger partial charge in [-0.05, 0) is 91.6 Å². The fourth-order valence-electron chi connectivity index (χ4n) is 4.81. The van der Waals surface area contributed by atoms with Crippen LogP contribution in [0.4, 0.5) is 0 Å². The van der Waals surface area contributed by atoms with Gasteiger partial charge in [0.15, 0.2) is 0 Å². The lowest BCUT2D eigenvalue weighted by Gasteiger charge is -2.04. The summed E-state index contributed by atoms with van der Waals surface area (Å²) in [4.78, 5) is 0. The van der Waals surface area contributed by atoms with E-state index in [1.54, 1.807) is 0 Å². The van der Waals surface area contributed by atoms with Crippen molar-refractivity contribution in [3.8, 4) is 0 Å². The SMILES string of the molecule is c1c2cccc3cc4cccc(c#cc5cccc6cc7cccc(c#1)c7cc56)c4cc23. The summed E-state index contributed by atoms with van der Waals surface area (Å²) in [5, 5.41) is 13.7. The molecule has 0 unspecified atom stereocenters. The molecule has 0 N–H and O–H groups in total. The molecule has 4 bridgehead atoms. The first-order valence-electron chi connectivity index (χ1n) is 10.8. The standard InChI is InChI=1S/C32H16/c1-5-21-13-14-22-6-3-11-27-18-28-12-4-8-24(32(28)20-31(22)27)16-15-23-7-2-10-26-17-25(9-1)29(21)19-30(23)26/h1-12,17-20H. The summed E-state index contributed by atoms with van der Waals surface area (Å²) in [6.45, 7) is 0. The van der Waals surface area contributed by atoms with Crippen molar-refractivity contribution in [3.63, 3.8) is 0 Å². The van der Waals surface area contributed by atoms with Gasteiger partial charge in [-0.25, -0.2) is 0 Å². The van der Waals surface area contributed by atoms with Crippen molar-refractivity contribution in [3.05, 3.63) is 121 Å². The zero-order chi connectivity index (χ0) is 21.1. The van der Waals surface area contributed by atoms with Gasteiger partial charge in [-0.2, -0.15) is 0 Å². The van der Waals surface area contributed by atoms with Gasteiger partial charge in [0.1, 0.15) is 0 Å². The summed E-state index contributed by atoms with van der Waals surface area (Å²) >= 11 is 0. The maximum atomic E-state index is 3.47. The molecule has 7 aromatic carbocycles. The molecule has 0 aliphatic rings. The number of rotatable bonds is 0. The molecule has 0 spiro atoms. The van der Waals surface area contributed by atoms with Crippen LogP contribution in [0.3, 0.4) is 0 Å². The van der Waals surface area contributed by atoms with Crippen LogP contribution in [0.15, 0.2) is 97.1 Å². The van der Waals surface area contributed by atoms with Crippen molar-refractivity contribution >= 4 is 64.6 Å². The molecular weight excluding hydrogens is 384 g/mol. The van der Waals surface area contributed by atoms with Crippen LogP contribution in [0.2, 0.25) is 0 Å². The highest BCUT2D eigenvalue weighted by atomic mass is 14.1. The first-order chi connectivity index (χ1) is 15.8. The second-order valence-corrected chi connectivity index (χ2v) is 8.31. The second-order valence-electron chi connectivity index (χ2n) is 8.31. The van der Waals surface area contributed by atoms with Crippen LogP contribution >= 0.6 is 0 Å². The Kier molecular flexibility index (Phi) is 3.48. The van der Waals surface area contributed by atoms with Gasteiger partial charge < -0.3 is 0 Å². The molecule has 0 heterocycles. The molecule has 0 aliphatic heterocycles. The van der Waals surface area contributed by atoms with E-state index in [0.717, 1.165) is 21.5 Å². The molecule has 0 aromatic heterocycles. The Labute approximate surface area is 186 Å². The highest BCUT2D eigenvalue weighted by molar-refractivity contribution is 6.12. The van der Waals surface area contributed by atoms with Gasteiger partial charge in [-0.3, -0.25) is 0 Å². The molecule has 7 rings (SSSR count). The lowest BCUT2D eigenvalue weighted by atomic mass is 9.99. The summed E-state index contributed by atoms with van der Waals surface area (Å²) < 4.78 is 0. The Balaban J connectivity index is 1.78. The highest BCUT2D eigenvalue weighted by Crippen LogP contribution is 2.30. The third-order valence-electron chi connectivity index (χ3n) is 6.42. The third-order valence-corrected chi connectivity index (χ3v) is 6.42. The van der Waals surface area contributed by atoms with Crippen molar-refractivity contribution in [2.75, 3.05) is 0 Å². The summed E-state index contributed by atoms with van der Waals surface area (Å²) in [5.74, 6) is 0. The lowest BCUT2D eigenvalue weighted by Crippen LogP contribution is -1.79. The zero-order valence-electron chi connectivity index (χ0n) is 17.2. The Hall–Kier alpha value is -4.52. The van der Waals surface area contributed by atoms with Crippen LogP contribution in [0.1, 0.15) is 0 Å². The number of hydrogen-bond acceptors (Lipinski definition) is 0. The molecular formula is C32H16. The Morgan fingerprint density at radius 1 is 0.312 bits per heavy atom. The third kappa shape index (κ3) is 2.54. The monoisotopic (exact) mass is 400 g/mol. The summed E-state index contributed by atoms with van der Waals surface area (Å²) in [7, 11) is 0. The molecule has 0 fully saturated rings. The van der Waals surface area contributed by atoms with Crippen molar-refractivity contribution in [1.82, 2.24) is 0 Å². The minimum atomic E-state index is 1.04. The van der Waals surface area contributed by atoms with Gasteiger partial charge >= 0.3 is 0 Å². The van der Waals surface area contributed by atoms with Gasteiger partial charge in [0, 0.05) is 21.5 Å². The molecule has 144 valence electrons. The molecule has 0 radical (unpaired) electrons. The Bertz CT molecular complexity index is 1600. The second kappa shape index (κ2) is 6.49. The average Bonchev–Trinajstić information content (AvgIpc) is 2.83. The summed E-state index contributed by atoms with van der Waals surface area (Å²) in [6, 6.07) is 48.3. The van der Waals surface area contributed by atoms with E-state index in [1.807, 2.05) is 0 Å². The summed E-state index contributed by atoms with van der Waals surface area (Å²) in [6.07, 6.45) is 0. The predicted octanol–water partition coefficient (Wildman–Crippen LogP) is 8.37. The smallest absolute Gasteiger partial charge is 0.0327 e. The molecule has 0 nitrogen and oxygen atoms in total. The fraction of sp³-hybridized carbons (Fsp3) is 0. The van der Waals surface area contributed by atoms with Crippen LogP contribution in [0.25, 0.3) is 64.6 Å². The van der Waals surface area contributed by atoms with Gasteiger partial charge in [0.05, 0.1) is 0 Å². The van der Waals surface area contributed by atoms with E-state index < -0.39 is 0 Å². The minimum absolute atomic E-state index is 1.04. The van der Waals surface area contributed by atoms with Crippen molar-refractivity contribution in [2.45, 2.75) is 0 Å². The van der Waals surface area contributed by atoms with Crippen LogP contribution in [-0.2, 0) is 0 Å². The van der Waals surface area contributed by atoms with E-state index in [2.05, 4.69) is 121 Å². The van der Waals surface area contributed by atoms with Crippen molar-refractivity contribution in [2.24, 2.45) is 0 Å². The first-order valence-corrected chi connectivity index (χ1v) is 10.8. The summed E-state index contributed by atoms with van der Waals surface area (Å²) in [5.41, 5.74) is 0. The molecule has 32 heavy (non-hydrogen) atoms. The molecule has 0 amide bonds. The van der Waals surface area contributed by atoms with Crippen LogP contribution in [0, 0.1) is 24.3 Å². The first kappa shape index (κ1) is 17.2. The van der Waals surface area contributed by atoms with Gasteiger partial charge in [-0.15, -0.1) is 0 Å². The molecule has 0 heteroatoms. The molecule has 0 saturated heterocycles. The van der Waals surface area contributed by atoms with E-state index in [0.29, 0.717) is 0 Å². The minimum Gasteiger partial charge on any atom is -0.0610 e. The van der Waals surface area contributed by atoms with Gasteiger partial charge in [-0.1, -0.05) is 72.8 Å². The Morgan fingerprint density at radius 3 is 0.875 bits per heavy atom. The van der Waals surface area contributed by atoms with Crippen molar-refractivity contribution < 1.29 is 0 Å². The number of benzene rings is 6. The zero-order valence-corrected chi connectivity index (χ0v) is 17.2. The maximum Gasteiger partial charge on any atom is 0.0327 e. The van der Waals surface area contributed by atoms with Crippen LogP contribution in [-0.4, -0.2) is 0 Å². The van der Waals surface area contributed by atoms with E-state index in [4.69, 9.17) is 0 Å². The topological polar surface area (TPSA) is 0 Å². The molecule has 0 aliphatic carbocycles. The maximum absolute atomic E-state index is 3.47. The van der Waals surface area contributed by atoms with Gasteiger partial charge in [0.2, 0.25) is 0 Å². The molecule has 0 atom stereocenters. The molecule has 7 aromatic rings. The van der Waals surface area contributed by atoms with E-state index >= 15 is 0 Å². The normalized spacial score (nSPS) is 11.2. The lowest BCUT2D eigenvalue weighted by molar-refractivity contribution is 1.80. The quantitative estimate of drug-likeness (QED) is 0.224. The van der Waals surface area contributed by atoms with E-state index in [9.17, 15) is 0 Å².